The molecule has 0 aliphatic rings. The Morgan fingerprint density at radius 2 is 1.81 bits per heavy atom. The van der Waals surface area contributed by atoms with Crippen LogP contribution in [0.1, 0.15) is 12.5 Å². The summed E-state index contributed by atoms with van der Waals surface area (Å²) in [5, 5.41) is 7.18. The van der Waals surface area contributed by atoms with E-state index in [4.69, 9.17) is 4.74 Å². The van der Waals surface area contributed by atoms with Crippen molar-refractivity contribution in [1.29, 1.82) is 0 Å². The van der Waals surface area contributed by atoms with Gasteiger partial charge in [0.05, 0.1) is 7.11 Å². The van der Waals surface area contributed by atoms with Crippen molar-refractivity contribution >= 4 is 5.91 Å². The summed E-state index contributed by atoms with van der Waals surface area (Å²) >= 11 is 0. The molecule has 1 amide bonds. The molecule has 0 fully saturated rings. The lowest BCUT2D eigenvalue weighted by molar-refractivity contribution is -0.122. The predicted molar refractivity (Wildman–Crippen MR) is 102 cm³/mol. The van der Waals surface area contributed by atoms with Gasteiger partial charge in [-0.1, -0.05) is 30.3 Å². The number of hydrogen-bond donors (Lipinski definition) is 1. The third-order valence-corrected chi connectivity index (χ3v) is 4.21. The lowest BCUT2D eigenvalue weighted by Gasteiger charge is -2.04. The molecule has 0 bridgehead atoms. The predicted octanol–water partition coefficient (Wildman–Crippen LogP) is 2.06. The van der Waals surface area contributed by atoms with E-state index in [0.717, 1.165) is 16.9 Å². The van der Waals surface area contributed by atoms with E-state index in [-0.39, 0.29) is 18.1 Å². The van der Waals surface area contributed by atoms with Gasteiger partial charge in [0.25, 0.3) is 0 Å². The molecule has 0 aliphatic heterocycles. The van der Waals surface area contributed by atoms with E-state index in [1.54, 1.807) is 11.7 Å². The summed E-state index contributed by atoms with van der Waals surface area (Å²) in [5.74, 6) is 0.993. The van der Waals surface area contributed by atoms with Gasteiger partial charge in [-0.3, -0.25) is 9.36 Å². The van der Waals surface area contributed by atoms with E-state index in [2.05, 4.69) is 10.4 Å². The highest BCUT2D eigenvalue weighted by Gasteiger charge is 2.16. The highest BCUT2D eigenvalue weighted by Crippen LogP contribution is 2.19. The van der Waals surface area contributed by atoms with Crippen LogP contribution >= 0.6 is 0 Å². The highest BCUT2D eigenvalue weighted by atomic mass is 16.5. The molecule has 1 aromatic heterocycles. The first-order valence-electron chi connectivity index (χ1n) is 8.75. The van der Waals surface area contributed by atoms with E-state index < -0.39 is 0 Å². The minimum atomic E-state index is -0.307. The van der Waals surface area contributed by atoms with Gasteiger partial charge in [-0.2, -0.15) is 0 Å². The SMILES string of the molecule is CCn1c(-c2ccc(OC)cc2)nn(CC(=O)NCc2ccccc2)c1=O. The molecule has 27 heavy (non-hydrogen) atoms. The second-order valence-corrected chi connectivity index (χ2v) is 6.00. The average molecular weight is 366 g/mol. The van der Waals surface area contributed by atoms with Gasteiger partial charge >= 0.3 is 5.69 Å². The number of methoxy groups -OCH3 is 1. The molecule has 7 nitrogen and oxygen atoms in total. The van der Waals surface area contributed by atoms with Crippen molar-refractivity contribution in [3.63, 3.8) is 0 Å². The molecule has 7 heteroatoms. The Morgan fingerprint density at radius 1 is 1.11 bits per heavy atom. The smallest absolute Gasteiger partial charge is 0.346 e. The zero-order valence-corrected chi connectivity index (χ0v) is 15.4. The molecule has 0 spiro atoms. The number of amides is 1. The third-order valence-electron chi connectivity index (χ3n) is 4.21. The first kappa shape index (κ1) is 18.4. The third kappa shape index (κ3) is 4.25. The van der Waals surface area contributed by atoms with Crippen molar-refractivity contribution in [2.24, 2.45) is 0 Å². The van der Waals surface area contributed by atoms with Gasteiger partial charge in [-0.05, 0) is 36.8 Å². The van der Waals surface area contributed by atoms with E-state index >= 15 is 0 Å². The summed E-state index contributed by atoms with van der Waals surface area (Å²) in [4.78, 5) is 24.8. The van der Waals surface area contributed by atoms with Gasteiger partial charge in [-0.25, -0.2) is 9.48 Å². The minimum absolute atomic E-state index is 0.123. The lowest BCUT2D eigenvalue weighted by Crippen LogP contribution is -2.33. The molecule has 0 saturated carbocycles. The summed E-state index contributed by atoms with van der Waals surface area (Å²) in [7, 11) is 1.60. The molecular formula is C20H22N4O3. The molecule has 140 valence electrons. The summed E-state index contributed by atoms with van der Waals surface area (Å²) in [6.07, 6.45) is 0. The molecule has 0 unspecified atom stereocenters. The van der Waals surface area contributed by atoms with Gasteiger partial charge in [-0.15, -0.1) is 5.10 Å². The second kappa shape index (κ2) is 8.35. The first-order valence-corrected chi connectivity index (χ1v) is 8.75. The van der Waals surface area contributed by atoms with Gasteiger partial charge < -0.3 is 10.1 Å². The zero-order chi connectivity index (χ0) is 19.2. The van der Waals surface area contributed by atoms with Crippen molar-refractivity contribution in [1.82, 2.24) is 19.7 Å². The molecule has 1 heterocycles. The van der Waals surface area contributed by atoms with Crippen LogP contribution < -0.4 is 15.7 Å². The van der Waals surface area contributed by atoms with Crippen LogP contribution in [-0.4, -0.2) is 27.4 Å². The van der Waals surface area contributed by atoms with E-state index in [1.165, 1.54) is 4.68 Å². The van der Waals surface area contributed by atoms with Crippen LogP contribution in [0.3, 0.4) is 0 Å². The number of carbonyl (C=O) groups excluding carboxylic acids is 1. The van der Waals surface area contributed by atoms with Gasteiger partial charge in [0.1, 0.15) is 12.3 Å². The second-order valence-electron chi connectivity index (χ2n) is 6.00. The Labute approximate surface area is 157 Å². The van der Waals surface area contributed by atoms with Crippen LogP contribution in [0.25, 0.3) is 11.4 Å². The number of nitrogens with one attached hydrogen (secondary N) is 1. The Hall–Kier alpha value is -3.35. The van der Waals surface area contributed by atoms with Crippen LogP contribution in [0.4, 0.5) is 0 Å². The van der Waals surface area contributed by atoms with E-state index in [9.17, 15) is 9.59 Å². The van der Waals surface area contributed by atoms with Crippen molar-refractivity contribution in [3.05, 3.63) is 70.6 Å². The van der Waals surface area contributed by atoms with Gasteiger partial charge in [0, 0.05) is 18.7 Å². The maximum absolute atomic E-state index is 12.6. The fourth-order valence-corrected chi connectivity index (χ4v) is 2.77. The number of aromatic nitrogens is 3. The molecule has 1 N–H and O–H groups in total. The van der Waals surface area contributed by atoms with Crippen LogP contribution in [0.5, 0.6) is 5.75 Å². The normalized spacial score (nSPS) is 10.6. The largest absolute Gasteiger partial charge is 0.497 e. The molecule has 3 aromatic rings. The lowest BCUT2D eigenvalue weighted by atomic mass is 10.2. The summed E-state index contributed by atoms with van der Waals surface area (Å²) in [6.45, 7) is 2.62. The Balaban J connectivity index is 1.76. The first-order chi connectivity index (χ1) is 13.1. The van der Waals surface area contributed by atoms with Crippen molar-refractivity contribution in [2.75, 3.05) is 7.11 Å². The van der Waals surface area contributed by atoms with Crippen molar-refractivity contribution in [2.45, 2.75) is 26.6 Å². The standard InChI is InChI=1S/C20H22N4O3/c1-3-23-19(16-9-11-17(27-2)12-10-16)22-24(20(23)26)14-18(25)21-13-15-7-5-4-6-8-15/h4-12H,3,13-14H2,1-2H3,(H,21,25). The minimum Gasteiger partial charge on any atom is -0.497 e. The van der Waals surface area contributed by atoms with Crippen molar-refractivity contribution in [3.8, 4) is 17.1 Å². The van der Waals surface area contributed by atoms with E-state index in [0.29, 0.717) is 18.9 Å². The number of ether oxygens (including phenoxy) is 1. The van der Waals surface area contributed by atoms with Crippen LogP contribution in [0, 0.1) is 0 Å². The number of carbonyl (C=O) groups is 1. The fraction of sp³-hybridized carbons (Fsp3) is 0.250. The molecule has 0 saturated heterocycles. The van der Waals surface area contributed by atoms with Crippen LogP contribution in [-0.2, 0) is 24.4 Å². The molecule has 3 rings (SSSR count). The quantitative estimate of drug-likeness (QED) is 0.694. The van der Waals surface area contributed by atoms with Crippen LogP contribution in [0.2, 0.25) is 0 Å². The number of rotatable bonds is 7. The average Bonchev–Trinajstić information content (AvgIpc) is 3.02. The van der Waals surface area contributed by atoms with Crippen LogP contribution in [0.15, 0.2) is 59.4 Å². The Kier molecular flexibility index (Phi) is 5.71. The Morgan fingerprint density at radius 3 is 2.44 bits per heavy atom. The maximum Gasteiger partial charge on any atom is 0.346 e. The molecule has 0 radical (unpaired) electrons. The van der Waals surface area contributed by atoms with Gasteiger partial charge in [0.15, 0.2) is 5.82 Å². The Bertz CT molecular complexity index is 959. The number of hydrogen-bond acceptors (Lipinski definition) is 4. The molecular weight excluding hydrogens is 344 g/mol. The molecule has 0 atom stereocenters. The zero-order valence-electron chi connectivity index (χ0n) is 15.4. The summed E-state index contributed by atoms with van der Waals surface area (Å²) in [6, 6.07) is 16.9. The monoisotopic (exact) mass is 366 g/mol. The highest BCUT2D eigenvalue weighted by molar-refractivity contribution is 5.75. The molecule has 0 aliphatic carbocycles. The topological polar surface area (TPSA) is 78.2 Å². The van der Waals surface area contributed by atoms with Crippen molar-refractivity contribution < 1.29 is 9.53 Å². The van der Waals surface area contributed by atoms with E-state index in [1.807, 2.05) is 61.5 Å². The maximum atomic E-state index is 12.6. The molecule has 2 aromatic carbocycles. The summed E-state index contributed by atoms with van der Waals surface area (Å²) < 4.78 is 7.91. The number of nitrogens with zero attached hydrogens (tertiary/aromatic N) is 3. The fourth-order valence-electron chi connectivity index (χ4n) is 2.77. The summed E-state index contributed by atoms with van der Waals surface area (Å²) in [5.41, 5.74) is 1.48. The van der Waals surface area contributed by atoms with Gasteiger partial charge in [0.2, 0.25) is 5.91 Å². The number of benzene rings is 2.